The summed E-state index contributed by atoms with van der Waals surface area (Å²) in [6.45, 7) is 10.3. The van der Waals surface area contributed by atoms with E-state index in [0.717, 1.165) is 49.7 Å². The molecule has 1 aliphatic heterocycles. The Balaban J connectivity index is 1.73. The van der Waals surface area contributed by atoms with Gasteiger partial charge in [-0.1, -0.05) is 25.1 Å². The summed E-state index contributed by atoms with van der Waals surface area (Å²) in [5.74, 6) is 1.88. The summed E-state index contributed by atoms with van der Waals surface area (Å²) in [5.41, 5.74) is 10.2. The second kappa shape index (κ2) is 8.39. The van der Waals surface area contributed by atoms with Crippen molar-refractivity contribution < 1.29 is 4.52 Å². The maximum atomic E-state index is 8.02. The van der Waals surface area contributed by atoms with Crippen LogP contribution in [-0.2, 0) is 13.0 Å². The van der Waals surface area contributed by atoms with Crippen LogP contribution in [0.15, 0.2) is 27.8 Å². The predicted octanol–water partition coefficient (Wildman–Crippen LogP) is 3.26. The van der Waals surface area contributed by atoms with Gasteiger partial charge in [0.25, 0.3) is 0 Å². The third-order valence-electron chi connectivity index (χ3n) is 4.72. The molecule has 144 valence electrons. The van der Waals surface area contributed by atoms with Crippen molar-refractivity contribution in [3.63, 3.8) is 0 Å². The van der Waals surface area contributed by atoms with E-state index < -0.39 is 0 Å². The third kappa shape index (κ3) is 4.77. The van der Waals surface area contributed by atoms with E-state index in [2.05, 4.69) is 45.0 Å². The molecule has 1 aliphatic rings. The van der Waals surface area contributed by atoms with Crippen molar-refractivity contribution in [2.24, 2.45) is 11.0 Å². The molecule has 8 nitrogen and oxygen atoms in total. The number of hydrogen-bond acceptors (Lipinski definition) is 7. The minimum absolute atomic E-state index is 0.00537. The fourth-order valence-corrected chi connectivity index (χ4v) is 3.45. The molecule has 2 N–H and O–H groups in total. The van der Waals surface area contributed by atoms with E-state index in [9.17, 15) is 0 Å². The first kappa shape index (κ1) is 19.2. The zero-order valence-corrected chi connectivity index (χ0v) is 16.2. The van der Waals surface area contributed by atoms with E-state index in [1.807, 2.05) is 12.1 Å². The maximum absolute atomic E-state index is 8.02. The van der Waals surface area contributed by atoms with Gasteiger partial charge in [0.15, 0.2) is 11.7 Å². The van der Waals surface area contributed by atoms with Gasteiger partial charge in [0.2, 0.25) is 5.89 Å². The summed E-state index contributed by atoms with van der Waals surface area (Å²) in [6.07, 6.45) is 0.996. The Bertz CT molecular complexity index is 806. The lowest BCUT2D eigenvalue weighted by atomic mass is 9.99. The number of piperazine rings is 1. The fourth-order valence-electron chi connectivity index (χ4n) is 3.45. The molecule has 1 aromatic carbocycles. The molecular formula is C19H27N7O. The first-order chi connectivity index (χ1) is 13.0. The van der Waals surface area contributed by atoms with E-state index in [1.165, 1.54) is 5.56 Å². The van der Waals surface area contributed by atoms with Crippen LogP contribution >= 0.6 is 0 Å². The lowest BCUT2D eigenvalue weighted by Gasteiger charge is -2.36. The highest BCUT2D eigenvalue weighted by atomic mass is 16.5. The molecule has 0 saturated carbocycles. The monoisotopic (exact) mass is 369 g/mol. The van der Waals surface area contributed by atoms with Gasteiger partial charge in [-0.05, 0) is 30.0 Å². The SMILES string of the molecule is Cc1nc(CN2CCN(c3cc(CC(C)C)ccc3C(=N)N=N)CC2)no1. The number of aryl methyl sites for hydroxylation is 1. The van der Waals surface area contributed by atoms with Crippen molar-refractivity contribution in [2.75, 3.05) is 31.1 Å². The van der Waals surface area contributed by atoms with Gasteiger partial charge in [0.1, 0.15) is 0 Å². The molecule has 0 spiro atoms. The molecule has 27 heavy (non-hydrogen) atoms. The summed E-state index contributed by atoms with van der Waals surface area (Å²) in [7, 11) is 0. The highest BCUT2D eigenvalue weighted by Crippen LogP contribution is 2.26. The Kier molecular flexibility index (Phi) is 5.95. The quantitative estimate of drug-likeness (QED) is 0.462. The zero-order valence-electron chi connectivity index (χ0n) is 16.2. The van der Waals surface area contributed by atoms with Crippen LogP contribution < -0.4 is 4.90 Å². The second-order valence-electron chi connectivity index (χ2n) is 7.40. The van der Waals surface area contributed by atoms with Crippen LogP contribution in [0.25, 0.3) is 0 Å². The third-order valence-corrected chi connectivity index (χ3v) is 4.72. The summed E-state index contributed by atoms with van der Waals surface area (Å²) >= 11 is 0. The number of rotatable bonds is 6. The predicted molar refractivity (Wildman–Crippen MR) is 103 cm³/mol. The van der Waals surface area contributed by atoms with E-state index in [4.69, 9.17) is 15.5 Å². The first-order valence-corrected chi connectivity index (χ1v) is 9.32. The number of nitrogens with one attached hydrogen (secondary N) is 2. The van der Waals surface area contributed by atoms with Crippen LogP contribution in [0.4, 0.5) is 5.69 Å². The molecule has 2 heterocycles. The Morgan fingerprint density at radius 3 is 2.59 bits per heavy atom. The highest BCUT2D eigenvalue weighted by Gasteiger charge is 2.22. The standard InChI is InChI=1S/C19H27N7O/c1-13(2)10-15-4-5-16(19(20)23-21)17(11-15)26-8-6-25(7-9-26)12-18-22-14(3)27-24-18/h4-5,11,13,20-21H,6-10,12H2,1-3H3. The molecule has 0 aliphatic carbocycles. The molecule has 0 atom stereocenters. The van der Waals surface area contributed by atoms with Crippen LogP contribution in [-0.4, -0.2) is 47.1 Å². The lowest BCUT2D eigenvalue weighted by molar-refractivity contribution is 0.240. The average molecular weight is 369 g/mol. The zero-order chi connectivity index (χ0) is 19.4. The molecule has 3 rings (SSSR count). The fraction of sp³-hybridized carbons (Fsp3) is 0.526. The van der Waals surface area contributed by atoms with Gasteiger partial charge in [-0.3, -0.25) is 10.3 Å². The van der Waals surface area contributed by atoms with Crippen molar-refractivity contribution in [1.29, 1.82) is 10.9 Å². The van der Waals surface area contributed by atoms with Gasteiger partial charge in [-0.15, -0.1) is 5.11 Å². The van der Waals surface area contributed by atoms with Crippen molar-refractivity contribution in [2.45, 2.75) is 33.7 Å². The molecule has 0 radical (unpaired) electrons. The van der Waals surface area contributed by atoms with Crippen LogP contribution in [0, 0.1) is 23.8 Å². The van der Waals surface area contributed by atoms with Crippen LogP contribution in [0.3, 0.4) is 0 Å². The van der Waals surface area contributed by atoms with Gasteiger partial charge in [-0.25, -0.2) is 5.53 Å². The normalized spacial score (nSPS) is 15.3. The number of amidine groups is 1. The summed E-state index contributed by atoms with van der Waals surface area (Å²) in [5, 5.41) is 15.3. The maximum Gasteiger partial charge on any atom is 0.223 e. The van der Waals surface area contributed by atoms with Crippen LogP contribution in [0.1, 0.15) is 36.7 Å². The van der Waals surface area contributed by atoms with Gasteiger partial charge >= 0.3 is 0 Å². The molecule has 1 fully saturated rings. The Hall–Kier alpha value is -2.61. The number of nitrogens with zero attached hydrogens (tertiary/aromatic N) is 5. The van der Waals surface area contributed by atoms with Crippen molar-refractivity contribution in [3.05, 3.63) is 41.0 Å². The number of hydrogen-bond donors (Lipinski definition) is 2. The van der Waals surface area contributed by atoms with E-state index >= 15 is 0 Å². The first-order valence-electron chi connectivity index (χ1n) is 9.32. The molecule has 1 aromatic heterocycles. The smallest absolute Gasteiger partial charge is 0.223 e. The van der Waals surface area contributed by atoms with Crippen LogP contribution in [0.2, 0.25) is 0 Å². The van der Waals surface area contributed by atoms with Crippen molar-refractivity contribution in [3.8, 4) is 0 Å². The Morgan fingerprint density at radius 2 is 2.00 bits per heavy atom. The van der Waals surface area contributed by atoms with E-state index in [-0.39, 0.29) is 5.84 Å². The largest absolute Gasteiger partial charge is 0.368 e. The summed E-state index contributed by atoms with van der Waals surface area (Å²) in [4.78, 5) is 8.87. The molecule has 2 aromatic rings. The molecule has 1 saturated heterocycles. The molecule has 0 unspecified atom stereocenters. The topological polar surface area (TPSA) is 105 Å². The summed E-state index contributed by atoms with van der Waals surface area (Å²) in [6, 6.07) is 6.14. The Labute approximate surface area is 159 Å². The molecular weight excluding hydrogens is 342 g/mol. The van der Waals surface area contributed by atoms with E-state index in [1.54, 1.807) is 6.92 Å². The van der Waals surface area contributed by atoms with Crippen molar-refractivity contribution in [1.82, 2.24) is 15.0 Å². The lowest BCUT2D eigenvalue weighted by Crippen LogP contribution is -2.46. The number of aromatic nitrogens is 2. The number of benzene rings is 1. The van der Waals surface area contributed by atoms with Gasteiger partial charge < -0.3 is 9.42 Å². The van der Waals surface area contributed by atoms with Crippen LogP contribution in [0.5, 0.6) is 0 Å². The van der Waals surface area contributed by atoms with E-state index in [0.29, 0.717) is 18.4 Å². The molecule has 8 heteroatoms. The van der Waals surface area contributed by atoms with Gasteiger partial charge in [-0.2, -0.15) is 4.98 Å². The number of anilines is 1. The summed E-state index contributed by atoms with van der Waals surface area (Å²) < 4.78 is 5.05. The highest BCUT2D eigenvalue weighted by molar-refractivity contribution is 6.01. The minimum atomic E-state index is 0.00537. The molecule has 0 bridgehead atoms. The van der Waals surface area contributed by atoms with Crippen molar-refractivity contribution >= 4 is 11.5 Å². The van der Waals surface area contributed by atoms with Gasteiger partial charge in [0, 0.05) is 44.4 Å². The molecule has 0 amide bonds. The minimum Gasteiger partial charge on any atom is -0.368 e. The second-order valence-corrected chi connectivity index (χ2v) is 7.40. The average Bonchev–Trinajstić information content (AvgIpc) is 3.06. The van der Waals surface area contributed by atoms with Gasteiger partial charge in [0.05, 0.1) is 6.54 Å². The Morgan fingerprint density at radius 1 is 1.26 bits per heavy atom.